The first-order chi connectivity index (χ1) is 17.8. The molecule has 1 heterocycles. The van der Waals surface area contributed by atoms with Crippen LogP contribution in [0.15, 0.2) is 97.1 Å². The number of quaternary nitrogens is 1. The summed E-state index contributed by atoms with van der Waals surface area (Å²) in [6.07, 6.45) is 6.13. The quantitative estimate of drug-likeness (QED) is 0.282. The highest BCUT2D eigenvalue weighted by Gasteiger charge is 2.24. The lowest BCUT2D eigenvalue weighted by molar-refractivity contribution is -0.697. The molecule has 3 nitrogen and oxygen atoms in total. The van der Waals surface area contributed by atoms with E-state index in [-0.39, 0.29) is 0 Å². The number of benzene rings is 4. The summed E-state index contributed by atoms with van der Waals surface area (Å²) in [5.41, 5.74) is 6.03. The fraction of sp³-hybridized carbons (Fsp3) is 0.273. The van der Waals surface area contributed by atoms with Gasteiger partial charge in [-0.15, -0.1) is 0 Å². The van der Waals surface area contributed by atoms with Gasteiger partial charge in [0.25, 0.3) is 0 Å². The first kappa shape index (κ1) is 23.0. The van der Waals surface area contributed by atoms with Crippen LogP contribution in [0.2, 0.25) is 0 Å². The van der Waals surface area contributed by atoms with E-state index in [1.54, 1.807) is 0 Å². The van der Waals surface area contributed by atoms with Crippen molar-refractivity contribution in [1.29, 1.82) is 0 Å². The predicted molar refractivity (Wildman–Crippen MR) is 150 cm³/mol. The highest BCUT2D eigenvalue weighted by atomic mass is 16.3. The van der Waals surface area contributed by atoms with E-state index in [1.165, 1.54) is 76.2 Å². The molecule has 0 aliphatic heterocycles. The van der Waals surface area contributed by atoms with E-state index in [4.69, 9.17) is 0 Å². The smallest absolute Gasteiger partial charge is 0.121 e. The summed E-state index contributed by atoms with van der Waals surface area (Å²) in [6, 6.07) is 35.2. The first-order valence-corrected chi connectivity index (χ1v) is 13.5. The molecule has 36 heavy (non-hydrogen) atoms. The van der Waals surface area contributed by atoms with Crippen LogP contribution in [-0.4, -0.2) is 28.4 Å². The van der Waals surface area contributed by atoms with Gasteiger partial charge in [-0.3, -0.25) is 0 Å². The highest BCUT2D eigenvalue weighted by Crippen LogP contribution is 2.43. The molecule has 6 rings (SSSR count). The van der Waals surface area contributed by atoms with Crippen molar-refractivity contribution in [1.82, 2.24) is 4.57 Å². The minimum atomic E-state index is -0.424. The van der Waals surface area contributed by atoms with Gasteiger partial charge in [0, 0.05) is 16.3 Å². The predicted octanol–water partition coefficient (Wildman–Crippen LogP) is 6.39. The third-order valence-corrected chi connectivity index (χ3v) is 7.84. The molecule has 0 unspecified atom stereocenters. The summed E-state index contributed by atoms with van der Waals surface area (Å²) in [6.45, 7) is 1.31. The van der Waals surface area contributed by atoms with Gasteiger partial charge >= 0.3 is 0 Å². The Hall–Kier alpha value is -3.40. The maximum atomic E-state index is 11.4. The van der Waals surface area contributed by atoms with E-state index in [9.17, 15) is 5.11 Å². The Morgan fingerprint density at radius 3 is 2.14 bits per heavy atom. The van der Waals surface area contributed by atoms with Gasteiger partial charge in [-0.1, -0.05) is 103 Å². The molecular weight excluding hydrogens is 440 g/mol. The van der Waals surface area contributed by atoms with Crippen molar-refractivity contribution in [3.05, 3.63) is 97.1 Å². The third-order valence-electron chi connectivity index (χ3n) is 7.84. The van der Waals surface area contributed by atoms with Crippen molar-refractivity contribution >= 4 is 21.7 Å². The molecule has 0 amide bonds. The van der Waals surface area contributed by atoms with E-state index >= 15 is 0 Å². The summed E-state index contributed by atoms with van der Waals surface area (Å²) in [5, 5.41) is 17.5. The molecule has 0 saturated heterocycles. The zero-order valence-corrected chi connectivity index (χ0v) is 20.8. The largest absolute Gasteiger partial charge is 0.385 e. The van der Waals surface area contributed by atoms with E-state index in [1.807, 2.05) is 0 Å². The van der Waals surface area contributed by atoms with Gasteiger partial charge < -0.3 is 15.0 Å². The van der Waals surface area contributed by atoms with E-state index < -0.39 is 6.10 Å². The second-order valence-electron chi connectivity index (χ2n) is 10.3. The van der Waals surface area contributed by atoms with Crippen LogP contribution >= 0.6 is 0 Å². The molecule has 1 aliphatic carbocycles. The van der Waals surface area contributed by atoms with Gasteiger partial charge in [-0.05, 0) is 42.2 Å². The maximum Gasteiger partial charge on any atom is 0.121 e. The van der Waals surface area contributed by atoms with E-state index in [0.29, 0.717) is 12.6 Å². The maximum absolute atomic E-state index is 11.4. The van der Waals surface area contributed by atoms with Crippen LogP contribution in [0.1, 0.15) is 32.1 Å². The van der Waals surface area contributed by atoms with Crippen molar-refractivity contribution in [3.8, 4) is 22.4 Å². The fourth-order valence-electron chi connectivity index (χ4n) is 6.10. The van der Waals surface area contributed by atoms with Crippen LogP contribution < -0.4 is 5.32 Å². The molecule has 182 valence electrons. The van der Waals surface area contributed by atoms with Crippen LogP contribution in [-0.2, 0) is 6.54 Å². The van der Waals surface area contributed by atoms with Crippen LogP contribution in [0, 0.1) is 0 Å². The minimum Gasteiger partial charge on any atom is -0.385 e. The van der Waals surface area contributed by atoms with Crippen LogP contribution in [0.3, 0.4) is 0 Å². The minimum absolute atomic E-state index is 0.424. The average molecular weight is 476 g/mol. The van der Waals surface area contributed by atoms with Gasteiger partial charge in [0.2, 0.25) is 0 Å². The Morgan fingerprint density at radius 1 is 0.722 bits per heavy atom. The molecule has 3 heteroatoms. The highest BCUT2D eigenvalue weighted by molar-refractivity contribution is 6.15. The number of hydrogen-bond donors (Lipinski definition) is 2. The molecule has 4 aromatic carbocycles. The third kappa shape index (κ3) is 4.45. The zero-order valence-electron chi connectivity index (χ0n) is 20.8. The Kier molecular flexibility index (Phi) is 6.59. The lowest BCUT2D eigenvalue weighted by atomic mass is 9.95. The van der Waals surface area contributed by atoms with Crippen molar-refractivity contribution in [3.63, 3.8) is 0 Å². The Morgan fingerprint density at radius 2 is 1.39 bits per heavy atom. The van der Waals surface area contributed by atoms with E-state index in [2.05, 4.69) is 107 Å². The standard InChI is InChI=1S/C33H34N2O/c36-28(22-34-27-17-8-3-9-18-27)23-35-32(26-15-6-2-7-16-26)31(25-13-4-1-5-14-25)30-21-20-24-12-10-11-19-29(24)33(30)35/h1-2,4-7,10-16,19-21,27-28,34,36H,3,8-9,17-18,22-23H2/p+1/t28-/m1/s1. The van der Waals surface area contributed by atoms with E-state index in [0.717, 1.165) is 6.54 Å². The monoisotopic (exact) mass is 475 g/mol. The summed E-state index contributed by atoms with van der Waals surface area (Å²) in [5.74, 6) is 0. The topological polar surface area (TPSA) is 41.8 Å². The van der Waals surface area contributed by atoms with Crippen molar-refractivity contribution in [2.75, 3.05) is 6.54 Å². The number of nitrogens with two attached hydrogens (primary N) is 1. The number of nitrogens with zero attached hydrogens (tertiary/aromatic N) is 1. The fourth-order valence-corrected chi connectivity index (χ4v) is 6.10. The second-order valence-corrected chi connectivity index (χ2v) is 10.3. The van der Waals surface area contributed by atoms with Crippen molar-refractivity contribution < 1.29 is 10.4 Å². The number of aromatic nitrogens is 1. The molecule has 3 N–H and O–H groups in total. The van der Waals surface area contributed by atoms with Crippen molar-refractivity contribution in [2.24, 2.45) is 0 Å². The molecule has 1 aromatic heterocycles. The van der Waals surface area contributed by atoms with Crippen LogP contribution in [0.4, 0.5) is 0 Å². The van der Waals surface area contributed by atoms with Crippen LogP contribution in [0.5, 0.6) is 0 Å². The normalized spacial score (nSPS) is 15.5. The summed E-state index contributed by atoms with van der Waals surface area (Å²) >= 11 is 0. The Labute approximate surface area is 213 Å². The number of aliphatic hydroxyl groups excluding tert-OH is 1. The Bertz CT molecular complexity index is 1450. The zero-order chi connectivity index (χ0) is 24.3. The SMILES string of the molecule is O[C@H](C[NH2+]C1CCCCC1)Cn1c(-c2ccccc2)c(-c2ccccc2)c2ccc3ccccc3c21. The molecule has 1 atom stereocenters. The molecule has 5 aromatic rings. The first-order valence-electron chi connectivity index (χ1n) is 13.5. The molecule has 0 bridgehead atoms. The molecule has 1 saturated carbocycles. The van der Waals surface area contributed by atoms with Crippen LogP contribution in [0.25, 0.3) is 44.1 Å². The van der Waals surface area contributed by atoms with Crippen molar-refractivity contribution in [2.45, 2.75) is 50.8 Å². The average Bonchev–Trinajstić information content (AvgIpc) is 3.27. The van der Waals surface area contributed by atoms with Gasteiger partial charge in [-0.2, -0.15) is 0 Å². The molecule has 0 radical (unpaired) electrons. The number of rotatable bonds is 7. The number of aliphatic hydroxyl groups is 1. The Balaban J connectivity index is 1.53. The van der Waals surface area contributed by atoms with Gasteiger partial charge in [-0.25, -0.2) is 0 Å². The lowest BCUT2D eigenvalue weighted by Crippen LogP contribution is -2.92. The second kappa shape index (κ2) is 10.3. The summed E-state index contributed by atoms with van der Waals surface area (Å²) < 4.78 is 2.40. The van der Waals surface area contributed by atoms with Gasteiger partial charge in [0.05, 0.1) is 23.8 Å². The molecular formula is C33H35N2O+. The molecule has 1 aliphatic rings. The summed E-state index contributed by atoms with van der Waals surface area (Å²) in [4.78, 5) is 0. The lowest BCUT2D eigenvalue weighted by Gasteiger charge is -2.22. The number of fused-ring (bicyclic) bond motifs is 3. The summed E-state index contributed by atoms with van der Waals surface area (Å²) in [7, 11) is 0. The van der Waals surface area contributed by atoms with Gasteiger partial charge in [0.15, 0.2) is 0 Å². The van der Waals surface area contributed by atoms with Gasteiger partial charge in [0.1, 0.15) is 12.6 Å². The number of hydrogen-bond acceptors (Lipinski definition) is 1. The molecule has 0 spiro atoms. The molecule has 1 fully saturated rings.